The van der Waals surface area contributed by atoms with Crippen LogP contribution in [0.15, 0.2) is 30.6 Å². The Bertz CT molecular complexity index is 808. The first kappa shape index (κ1) is 17.7. The zero-order valence-corrected chi connectivity index (χ0v) is 15.3. The van der Waals surface area contributed by atoms with Gasteiger partial charge in [0.05, 0.1) is 12.0 Å². The fourth-order valence-corrected chi connectivity index (χ4v) is 3.77. The van der Waals surface area contributed by atoms with E-state index in [0.717, 1.165) is 55.8 Å². The Balaban J connectivity index is 1.34. The van der Waals surface area contributed by atoms with E-state index in [1.165, 1.54) is 6.42 Å². The third kappa shape index (κ3) is 3.88. The summed E-state index contributed by atoms with van der Waals surface area (Å²) in [6.45, 7) is 2.87. The molecule has 1 fully saturated rings. The van der Waals surface area contributed by atoms with Crippen molar-refractivity contribution in [3.05, 3.63) is 53.1 Å². The highest BCUT2D eigenvalue weighted by Crippen LogP contribution is 2.19. The number of aromatic amines is 1. The number of hydrogen-bond donors (Lipinski definition) is 3. The van der Waals surface area contributed by atoms with Gasteiger partial charge in [-0.05, 0) is 37.0 Å². The molecular weight excluding hydrogens is 342 g/mol. The lowest BCUT2D eigenvalue weighted by Crippen LogP contribution is -2.41. The molecule has 7 nitrogen and oxygen atoms in total. The number of amides is 2. The Labute approximate surface area is 158 Å². The van der Waals surface area contributed by atoms with E-state index in [-0.39, 0.29) is 11.8 Å². The minimum absolute atomic E-state index is 0.0866. The van der Waals surface area contributed by atoms with Crippen molar-refractivity contribution >= 4 is 11.8 Å². The number of likely N-dealkylation sites (tertiary alicyclic amines) is 1. The molecule has 1 saturated heterocycles. The van der Waals surface area contributed by atoms with Gasteiger partial charge in [-0.15, -0.1) is 0 Å². The molecular formula is C20H25N5O2. The van der Waals surface area contributed by atoms with Crippen LogP contribution < -0.4 is 10.6 Å². The van der Waals surface area contributed by atoms with E-state index in [9.17, 15) is 9.59 Å². The molecule has 0 radical (unpaired) electrons. The van der Waals surface area contributed by atoms with E-state index < -0.39 is 6.04 Å². The lowest BCUT2D eigenvalue weighted by molar-refractivity contribution is -0.123. The molecule has 2 amide bonds. The van der Waals surface area contributed by atoms with Crippen molar-refractivity contribution in [2.45, 2.75) is 38.3 Å². The Hall–Kier alpha value is -2.67. The number of rotatable bonds is 4. The average molecular weight is 367 g/mol. The first-order valence-electron chi connectivity index (χ1n) is 9.64. The molecule has 3 heterocycles. The van der Waals surface area contributed by atoms with Crippen molar-refractivity contribution < 1.29 is 9.59 Å². The maximum Gasteiger partial charge on any atom is 0.253 e. The Morgan fingerprint density at radius 1 is 1.15 bits per heavy atom. The summed E-state index contributed by atoms with van der Waals surface area (Å²) in [4.78, 5) is 34.3. The number of carbonyl (C=O) groups is 2. The van der Waals surface area contributed by atoms with Crippen LogP contribution in [0.5, 0.6) is 0 Å². The van der Waals surface area contributed by atoms with Gasteiger partial charge in [-0.2, -0.15) is 0 Å². The third-order valence-corrected chi connectivity index (χ3v) is 5.32. The molecule has 142 valence electrons. The predicted octanol–water partition coefficient (Wildman–Crippen LogP) is 1.54. The normalized spacial score (nSPS) is 19.4. The second kappa shape index (κ2) is 7.92. The minimum atomic E-state index is -0.417. The number of aromatic nitrogens is 2. The molecule has 2 aliphatic heterocycles. The first-order chi connectivity index (χ1) is 13.2. The van der Waals surface area contributed by atoms with Gasteiger partial charge in [-0.25, -0.2) is 4.98 Å². The molecule has 1 unspecified atom stereocenters. The van der Waals surface area contributed by atoms with Crippen molar-refractivity contribution in [2.24, 2.45) is 0 Å². The highest BCUT2D eigenvalue weighted by atomic mass is 16.2. The van der Waals surface area contributed by atoms with Crippen molar-refractivity contribution in [1.82, 2.24) is 25.5 Å². The number of nitrogens with zero attached hydrogens (tertiary/aromatic N) is 2. The quantitative estimate of drug-likeness (QED) is 0.765. The molecule has 1 atom stereocenters. The lowest BCUT2D eigenvalue weighted by Gasteiger charge is -2.26. The molecule has 2 aromatic rings. The standard InChI is InChI=1S/C20H25N5O2/c26-19(18-17-16(8-9-21-18)23-13-24-17)22-12-14-4-6-15(7-5-14)20(27)25-10-2-1-3-11-25/h4-7,13,18,21H,1-3,8-12H2,(H,22,26)(H,23,24). The number of fused-ring (bicyclic) bond motifs is 1. The molecule has 2 aliphatic rings. The van der Waals surface area contributed by atoms with Crippen LogP contribution in [0, 0.1) is 0 Å². The van der Waals surface area contributed by atoms with E-state index in [4.69, 9.17) is 0 Å². The number of nitrogens with one attached hydrogen (secondary N) is 3. The SMILES string of the molecule is O=C(NCc1ccc(C(=O)N2CCCCC2)cc1)C1NCCc2[nH]cnc21. The Morgan fingerprint density at radius 3 is 2.70 bits per heavy atom. The zero-order chi connectivity index (χ0) is 18.6. The number of piperidine rings is 1. The molecule has 1 aromatic heterocycles. The summed E-state index contributed by atoms with van der Waals surface area (Å²) in [6.07, 6.45) is 5.87. The van der Waals surface area contributed by atoms with Crippen LogP contribution in [-0.2, 0) is 17.8 Å². The molecule has 0 saturated carbocycles. The topological polar surface area (TPSA) is 90.1 Å². The summed E-state index contributed by atoms with van der Waals surface area (Å²) in [7, 11) is 0. The van der Waals surface area contributed by atoms with E-state index in [1.54, 1.807) is 6.33 Å². The Morgan fingerprint density at radius 2 is 1.93 bits per heavy atom. The monoisotopic (exact) mass is 367 g/mol. The maximum absolute atomic E-state index is 12.5. The van der Waals surface area contributed by atoms with Gasteiger partial charge < -0.3 is 20.5 Å². The molecule has 0 spiro atoms. The van der Waals surface area contributed by atoms with Crippen LogP contribution in [-0.4, -0.2) is 46.3 Å². The van der Waals surface area contributed by atoms with Crippen LogP contribution in [0.3, 0.4) is 0 Å². The van der Waals surface area contributed by atoms with E-state index in [2.05, 4.69) is 20.6 Å². The number of carbonyl (C=O) groups excluding carboxylic acids is 2. The van der Waals surface area contributed by atoms with Gasteiger partial charge in [0.15, 0.2) is 0 Å². The van der Waals surface area contributed by atoms with Gasteiger partial charge in [0.25, 0.3) is 5.91 Å². The smallest absolute Gasteiger partial charge is 0.253 e. The van der Waals surface area contributed by atoms with Crippen LogP contribution in [0.25, 0.3) is 0 Å². The predicted molar refractivity (Wildman–Crippen MR) is 101 cm³/mol. The minimum Gasteiger partial charge on any atom is -0.350 e. The van der Waals surface area contributed by atoms with E-state index in [0.29, 0.717) is 12.1 Å². The van der Waals surface area contributed by atoms with Crippen molar-refractivity contribution in [2.75, 3.05) is 19.6 Å². The van der Waals surface area contributed by atoms with Crippen LogP contribution in [0.1, 0.15) is 52.6 Å². The van der Waals surface area contributed by atoms with Crippen molar-refractivity contribution in [1.29, 1.82) is 0 Å². The molecule has 3 N–H and O–H groups in total. The highest BCUT2D eigenvalue weighted by Gasteiger charge is 2.28. The van der Waals surface area contributed by atoms with Gasteiger partial charge >= 0.3 is 0 Å². The second-order valence-electron chi connectivity index (χ2n) is 7.17. The number of H-pyrrole nitrogens is 1. The third-order valence-electron chi connectivity index (χ3n) is 5.32. The summed E-state index contributed by atoms with van der Waals surface area (Å²) in [6, 6.07) is 7.10. The second-order valence-corrected chi connectivity index (χ2v) is 7.17. The fourth-order valence-electron chi connectivity index (χ4n) is 3.77. The molecule has 0 bridgehead atoms. The largest absolute Gasteiger partial charge is 0.350 e. The van der Waals surface area contributed by atoms with E-state index in [1.807, 2.05) is 29.2 Å². The van der Waals surface area contributed by atoms with Gasteiger partial charge in [0, 0.05) is 43.9 Å². The van der Waals surface area contributed by atoms with E-state index >= 15 is 0 Å². The van der Waals surface area contributed by atoms with Crippen molar-refractivity contribution in [3.63, 3.8) is 0 Å². The maximum atomic E-state index is 12.5. The molecule has 1 aromatic carbocycles. The molecule has 7 heteroatoms. The highest BCUT2D eigenvalue weighted by molar-refractivity contribution is 5.94. The fraction of sp³-hybridized carbons (Fsp3) is 0.450. The van der Waals surface area contributed by atoms with Crippen molar-refractivity contribution in [3.8, 4) is 0 Å². The molecule has 27 heavy (non-hydrogen) atoms. The van der Waals surface area contributed by atoms with Gasteiger partial charge in [-0.1, -0.05) is 12.1 Å². The number of benzene rings is 1. The van der Waals surface area contributed by atoms with Crippen LogP contribution in [0.4, 0.5) is 0 Å². The van der Waals surface area contributed by atoms with Gasteiger partial charge in [0.1, 0.15) is 6.04 Å². The molecule has 0 aliphatic carbocycles. The summed E-state index contributed by atoms with van der Waals surface area (Å²) in [5, 5.41) is 6.17. The number of imidazole rings is 1. The average Bonchev–Trinajstić information content (AvgIpc) is 3.21. The van der Waals surface area contributed by atoms with Crippen LogP contribution in [0.2, 0.25) is 0 Å². The number of hydrogen-bond acceptors (Lipinski definition) is 4. The van der Waals surface area contributed by atoms with Gasteiger partial charge in [0.2, 0.25) is 5.91 Å². The molecule has 4 rings (SSSR count). The summed E-state index contributed by atoms with van der Waals surface area (Å²) >= 11 is 0. The zero-order valence-electron chi connectivity index (χ0n) is 15.3. The summed E-state index contributed by atoms with van der Waals surface area (Å²) < 4.78 is 0. The summed E-state index contributed by atoms with van der Waals surface area (Å²) in [5.41, 5.74) is 3.48. The first-order valence-corrected chi connectivity index (χ1v) is 9.64. The van der Waals surface area contributed by atoms with Crippen LogP contribution >= 0.6 is 0 Å². The Kier molecular flexibility index (Phi) is 5.20. The lowest BCUT2D eigenvalue weighted by atomic mass is 10.0. The van der Waals surface area contributed by atoms with Gasteiger partial charge in [-0.3, -0.25) is 9.59 Å². The summed E-state index contributed by atoms with van der Waals surface area (Å²) in [5.74, 6) is 0.0132.